The second-order valence-corrected chi connectivity index (χ2v) is 8.22. The van der Waals surface area contributed by atoms with Gasteiger partial charge in [0.2, 0.25) is 15.9 Å². The van der Waals surface area contributed by atoms with Crippen molar-refractivity contribution in [1.82, 2.24) is 4.31 Å². The van der Waals surface area contributed by atoms with Crippen molar-refractivity contribution in [2.24, 2.45) is 0 Å². The highest BCUT2D eigenvalue weighted by Crippen LogP contribution is 2.36. The van der Waals surface area contributed by atoms with Gasteiger partial charge in [-0.1, -0.05) is 11.6 Å². The van der Waals surface area contributed by atoms with Gasteiger partial charge >= 0.3 is 6.18 Å². The van der Waals surface area contributed by atoms with Crippen molar-refractivity contribution in [3.63, 3.8) is 0 Å². The van der Waals surface area contributed by atoms with Gasteiger partial charge in [0.15, 0.2) is 0 Å². The largest absolute Gasteiger partial charge is 0.495 e. The number of ether oxygens (including phenoxy) is 1. The third kappa shape index (κ3) is 5.37. The van der Waals surface area contributed by atoms with Crippen LogP contribution in [0.4, 0.5) is 23.2 Å². The number of nitrogens with zero attached hydrogens (tertiary/aromatic N) is 1. The van der Waals surface area contributed by atoms with Gasteiger partial charge in [-0.25, -0.2) is 12.8 Å². The van der Waals surface area contributed by atoms with E-state index in [0.29, 0.717) is 10.4 Å². The van der Waals surface area contributed by atoms with Gasteiger partial charge in [0.25, 0.3) is 0 Å². The molecule has 0 bridgehead atoms. The first-order chi connectivity index (χ1) is 13.4. The summed E-state index contributed by atoms with van der Waals surface area (Å²) < 4.78 is 82.9. The SMILES string of the molecule is COc1ccc(F)cc1S(=O)(=O)N(C)CC(=O)Nc1ccc(Cl)c(C(F)(F)F)c1. The molecule has 0 aromatic heterocycles. The van der Waals surface area contributed by atoms with Crippen molar-refractivity contribution in [2.45, 2.75) is 11.1 Å². The van der Waals surface area contributed by atoms with E-state index >= 15 is 0 Å². The highest BCUT2D eigenvalue weighted by molar-refractivity contribution is 7.89. The summed E-state index contributed by atoms with van der Waals surface area (Å²) in [5, 5.41) is 1.62. The first kappa shape index (κ1) is 22.9. The third-order valence-corrected chi connectivity index (χ3v) is 5.89. The number of halogens is 5. The van der Waals surface area contributed by atoms with E-state index in [4.69, 9.17) is 16.3 Å². The first-order valence-electron chi connectivity index (χ1n) is 7.82. The van der Waals surface area contributed by atoms with E-state index in [2.05, 4.69) is 5.32 Å². The van der Waals surface area contributed by atoms with Crippen LogP contribution < -0.4 is 10.1 Å². The van der Waals surface area contributed by atoms with Crippen LogP contribution in [0.25, 0.3) is 0 Å². The molecule has 29 heavy (non-hydrogen) atoms. The molecule has 0 radical (unpaired) electrons. The Morgan fingerprint density at radius 1 is 1.21 bits per heavy atom. The number of sulfonamides is 1. The number of anilines is 1. The molecule has 2 rings (SSSR count). The summed E-state index contributed by atoms with van der Waals surface area (Å²) in [6.07, 6.45) is -4.73. The molecule has 1 N–H and O–H groups in total. The molecular formula is C17H15ClF4N2O4S. The van der Waals surface area contributed by atoms with Crippen molar-refractivity contribution < 1.29 is 35.5 Å². The van der Waals surface area contributed by atoms with E-state index in [9.17, 15) is 30.8 Å². The lowest BCUT2D eigenvalue weighted by Crippen LogP contribution is -2.35. The molecular weight excluding hydrogens is 440 g/mol. The zero-order valence-corrected chi connectivity index (χ0v) is 16.6. The highest BCUT2D eigenvalue weighted by Gasteiger charge is 2.33. The van der Waals surface area contributed by atoms with Gasteiger partial charge in [0.1, 0.15) is 16.5 Å². The number of carbonyl (C=O) groups excluding carboxylic acids is 1. The molecule has 2 aromatic carbocycles. The van der Waals surface area contributed by atoms with E-state index in [1.54, 1.807) is 0 Å². The summed E-state index contributed by atoms with van der Waals surface area (Å²) in [5.41, 5.74) is -1.37. The predicted molar refractivity (Wildman–Crippen MR) is 97.9 cm³/mol. The molecule has 0 aliphatic heterocycles. The fraction of sp³-hybridized carbons (Fsp3) is 0.235. The number of amides is 1. The second kappa shape index (κ2) is 8.56. The van der Waals surface area contributed by atoms with Crippen LogP contribution in [0.2, 0.25) is 5.02 Å². The zero-order valence-electron chi connectivity index (χ0n) is 15.0. The van der Waals surface area contributed by atoms with E-state index in [1.807, 2.05) is 0 Å². The summed E-state index contributed by atoms with van der Waals surface area (Å²) in [6.45, 7) is -0.744. The van der Waals surface area contributed by atoms with Gasteiger partial charge in [-0.2, -0.15) is 17.5 Å². The molecule has 6 nitrogen and oxygen atoms in total. The normalized spacial score (nSPS) is 12.1. The summed E-state index contributed by atoms with van der Waals surface area (Å²) in [5.74, 6) is -1.88. The molecule has 0 aliphatic rings. The number of methoxy groups -OCH3 is 1. The van der Waals surface area contributed by atoms with Crippen LogP contribution in [0, 0.1) is 5.82 Å². The van der Waals surface area contributed by atoms with Gasteiger partial charge in [-0.05, 0) is 36.4 Å². The maximum absolute atomic E-state index is 13.5. The van der Waals surface area contributed by atoms with Crippen molar-refractivity contribution >= 4 is 33.2 Å². The van der Waals surface area contributed by atoms with Crippen LogP contribution in [0.5, 0.6) is 5.75 Å². The lowest BCUT2D eigenvalue weighted by atomic mass is 10.2. The van der Waals surface area contributed by atoms with Crippen molar-refractivity contribution in [3.8, 4) is 5.75 Å². The van der Waals surface area contributed by atoms with Gasteiger partial charge in [0, 0.05) is 12.7 Å². The molecule has 0 atom stereocenters. The number of nitrogens with one attached hydrogen (secondary N) is 1. The average Bonchev–Trinajstić information content (AvgIpc) is 2.62. The van der Waals surface area contributed by atoms with Crippen molar-refractivity contribution in [1.29, 1.82) is 0 Å². The third-order valence-electron chi connectivity index (χ3n) is 3.74. The second-order valence-electron chi connectivity index (χ2n) is 5.80. The fourth-order valence-electron chi connectivity index (χ4n) is 2.33. The Balaban J connectivity index is 2.20. The molecule has 158 valence electrons. The van der Waals surface area contributed by atoms with Crippen LogP contribution in [-0.2, 0) is 21.0 Å². The van der Waals surface area contributed by atoms with Crippen LogP contribution in [-0.4, -0.2) is 39.3 Å². The maximum Gasteiger partial charge on any atom is 0.417 e. The molecule has 0 heterocycles. The van der Waals surface area contributed by atoms with Crippen molar-refractivity contribution in [3.05, 3.63) is 52.8 Å². The number of alkyl halides is 3. The molecule has 0 unspecified atom stereocenters. The lowest BCUT2D eigenvalue weighted by molar-refractivity contribution is -0.137. The minimum atomic E-state index is -4.73. The van der Waals surface area contributed by atoms with Crippen molar-refractivity contribution in [2.75, 3.05) is 26.0 Å². The first-order valence-corrected chi connectivity index (χ1v) is 9.64. The Morgan fingerprint density at radius 2 is 1.86 bits per heavy atom. The lowest BCUT2D eigenvalue weighted by Gasteiger charge is -2.19. The summed E-state index contributed by atoms with van der Waals surface area (Å²) in [6, 6.07) is 5.57. The number of rotatable bonds is 6. The number of likely N-dealkylation sites (N-methyl/N-ethyl adjacent to an activating group) is 1. The Bertz CT molecular complexity index is 1030. The molecule has 0 spiro atoms. The minimum Gasteiger partial charge on any atom is -0.495 e. The Morgan fingerprint density at radius 3 is 2.45 bits per heavy atom. The standard InChI is InChI=1S/C17H15ClF4N2O4S/c1-24(29(26,27)15-7-10(19)3-6-14(15)28-2)9-16(25)23-11-4-5-13(18)12(8-11)17(20,21)22/h3-8H,9H2,1-2H3,(H,23,25). The van der Waals surface area contributed by atoms with E-state index in [-0.39, 0.29) is 11.4 Å². The minimum absolute atomic E-state index is 0.133. The molecule has 0 saturated carbocycles. The smallest absolute Gasteiger partial charge is 0.417 e. The molecule has 0 aliphatic carbocycles. The fourth-order valence-corrected chi connectivity index (χ4v) is 3.84. The predicted octanol–water partition coefficient (Wildman–Crippen LogP) is 3.77. The molecule has 0 fully saturated rings. The Hall–Kier alpha value is -2.37. The van der Waals surface area contributed by atoms with Gasteiger partial charge < -0.3 is 10.1 Å². The Kier molecular flexibility index (Phi) is 6.76. The van der Waals surface area contributed by atoms with E-state index in [0.717, 1.165) is 37.4 Å². The van der Waals surface area contributed by atoms with E-state index in [1.165, 1.54) is 7.11 Å². The molecule has 12 heteroatoms. The van der Waals surface area contributed by atoms with Gasteiger partial charge in [-0.3, -0.25) is 4.79 Å². The Labute approximate surface area is 169 Å². The monoisotopic (exact) mass is 454 g/mol. The summed E-state index contributed by atoms with van der Waals surface area (Å²) in [4.78, 5) is 11.6. The van der Waals surface area contributed by atoms with Gasteiger partial charge in [0.05, 0.1) is 24.2 Å². The summed E-state index contributed by atoms with van der Waals surface area (Å²) in [7, 11) is -2.07. The highest BCUT2D eigenvalue weighted by atomic mass is 35.5. The number of hydrogen-bond acceptors (Lipinski definition) is 4. The topological polar surface area (TPSA) is 75.7 Å². The number of carbonyl (C=O) groups is 1. The van der Waals surface area contributed by atoms with E-state index < -0.39 is 50.0 Å². The zero-order chi connectivity index (χ0) is 22.0. The molecule has 1 amide bonds. The quantitative estimate of drug-likeness (QED) is 0.674. The molecule has 0 saturated heterocycles. The molecule has 2 aromatic rings. The number of benzene rings is 2. The van der Waals surface area contributed by atoms with Crippen LogP contribution in [0.3, 0.4) is 0 Å². The maximum atomic E-state index is 13.5. The van der Waals surface area contributed by atoms with Crippen LogP contribution in [0.1, 0.15) is 5.56 Å². The summed E-state index contributed by atoms with van der Waals surface area (Å²) >= 11 is 5.51. The number of hydrogen-bond donors (Lipinski definition) is 1. The van der Waals surface area contributed by atoms with Crippen LogP contribution in [0.15, 0.2) is 41.3 Å². The average molecular weight is 455 g/mol. The van der Waals surface area contributed by atoms with Crippen LogP contribution >= 0.6 is 11.6 Å². The van der Waals surface area contributed by atoms with Gasteiger partial charge in [-0.15, -0.1) is 0 Å².